The number of rotatable bonds is 4. The zero-order chi connectivity index (χ0) is 31.0. The molecule has 4 aliphatic rings. The average molecular weight is 589 g/mol. The molecule has 3 aliphatic carbocycles. The van der Waals surface area contributed by atoms with E-state index in [1.54, 1.807) is 58.0 Å². The van der Waals surface area contributed by atoms with Crippen molar-refractivity contribution < 1.29 is 53.8 Å². The lowest BCUT2D eigenvalue weighted by Crippen LogP contribution is -2.82. The minimum Gasteiger partial charge on any atom is -0.455 e. The lowest BCUT2D eigenvalue weighted by atomic mass is 9.44. The Hall–Kier alpha value is -2.83. The highest BCUT2D eigenvalue weighted by Crippen LogP contribution is 2.65. The molecule has 4 N–H and O–H groups in total. The lowest BCUT2D eigenvalue weighted by Gasteiger charge is -2.69. The Labute approximate surface area is 244 Å². The van der Waals surface area contributed by atoms with E-state index in [1.807, 2.05) is 0 Å². The Morgan fingerprint density at radius 1 is 0.976 bits per heavy atom. The van der Waals surface area contributed by atoms with Crippen LogP contribution >= 0.6 is 0 Å². The summed E-state index contributed by atoms with van der Waals surface area (Å²) in [5.74, 6) is -3.46. The molecule has 230 valence electrons. The predicted octanol–water partition coefficient (Wildman–Crippen LogP) is 1.44. The molecule has 1 heterocycles. The summed E-state index contributed by atoms with van der Waals surface area (Å²) in [6.07, 6.45) is -8.39. The van der Waals surface area contributed by atoms with Crippen LogP contribution in [0.3, 0.4) is 0 Å². The van der Waals surface area contributed by atoms with Crippen LogP contribution in [-0.4, -0.2) is 92.8 Å². The van der Waals surface area contributed by atoms with Gasteiger partial charge in [-0.3, -0.25) is 9.59 Å². The molecule has 0 spiro atoms. The monoisotopic (exact) mass is 588 g/mol. The Morgan fingerprint density at radius 2 is 1.62 bits per heavy atom. The first-order valence-electron chi connectivity index (χ1n) is 14.2. The Bertz CT molecular complexity index is 1310. The summed E-state index contributed by atoms with van der Waals surface area (Å²) < 4.78 is 23.7. The van der Waals surface area contributed by atoms with Gasteiger partial charge >= 0.3 is 17.9 Å². The number of carbonyl (C=O) groups excluding carboxylic acids is 3. The number of hydrogen-bond donors (Lipinski definition) is 4. The number of benzene rings is 1. The molecule has 42 heavy (non-hydrogen) atoms. The van der Waals surface area contributed by atoms with Crippen LogP contribution < -0.4 is 0 Å². The van der Waals surface area contributed by atoms with Crippen molar-refractivity contribution in [3.63, 3.8) is 0 Å². The molecular formula is C31H40O11. The first-order chi connectivity index (χ1) is 19.5. The molecule has 0 radical (unpaired) electrons. The second-order valence-electron chi connectivity index (χ2n) is 13.0. The van der Waals surface area contributed by atoms with Crippen LogP contribution in [0.25, 0.3) is 0 Å². The molecule has 10 atom stereocenters. The predicted molar refractivity (Wildman–Crippen MR) is 146 cm³/mol. The number of hydrogen-bond acceptors (Lipinski definition) is 11. The summed E-state index contributed by atoms with van der Waals surface area (Å²) in [6, 6.07) is 8.12. The van der Waals surface area contributed by atoms with Gasteiger partial charge in [-0.2, -0.15) is 0 Å². The van der Waals surface area contributed by atoms with Crippen LogP contribution in [0.15, 0.2) is 41.5 Å². The van der Waals surface area contributed by atoms with Crippen molar-refractivity contribution in [3.8, 4) is 0 Å². The molecule has 0 aromatic heterocycles. The van der Waals surface area contributed by atoms with E-state index in [2.05, 4.69) is 0 Å². The van der Waals surface area contributed by atoms with Crippen molar-refractivity contribution in [1.29, 1.82) is 0 Å². The Morgan fingerprint density at radius 3 is 2.17 bits per heavy atom. The van der Waals surface area contributed by atoms with E-state index < -0.39 is 82.5 Å². The summed E-state index contributed by atoms with van der Waals surface area (Å²) in [5.41, 5.74) is -5.84. The number of aliphatic hydroxyl groups is 4. The molecule has 5 rings (SSSR count). The van der Waals surface area contributed by atoms with Crippen LogP contribution in [0.4, 0.5) is 0 Å². The van der Waals surface area contributed by atoms with Crippen LogP contribution in [0.5, 0.6) is 0 Å². The Balaban J connectivity index is 1.83. The molecule has 2 saturated carbocycles. The van der Waals surface area contributed by atoms with Crippen molar-refractivity contribution in [2.75, 3.05) is 6.61 Å². The second kappa shape index (κ2) is 10.1. The van der Waals surface area contributed by atoms with Crippen molar-refractivity contribution >= 4 is 17.9 Å². The van der Waals surface area contributed by atoms with Crippen molar-refractivity contribution in [2.45, 2.75) is 102 Å². The Kier molecular flexibility index (Phi) is 7.38. The zero-order valence-electron chi connectivity index (χ0n) is 24.7. The summed E-state index contributed by atoms with van der Waals surface area (Å²) >= 11 is 0. The molecular weight excluding hydrogens is 548 g/mol. The minimum atomic E-state index is -2.07. The third-order valence-electron chi connectivity index (χ3n) is 10.4. The van der Waals surface area contributed by atoms with Crippen LogP contribution in [-0.2, 0) is 28.5 Å². The molecule has 2 bridgehead atoms. The van der Waals surface area contributed by atoms with Gasteiger partial charge in [0.25, 0.3) is 0 Å². The highest BCUT2D eigenvalue weighted by molar-refractivity contribution is 5.89. The van der Waals surface area contributed by atoms with Gasteiger partial charge in [-0.1, -0.05) is 39.0 Å². The fourth-order valence-electron chi connectivity index (χ4n) is 8.15. The van der Waals surface area contributed by atoms with Crippen LogP contribution in [0.1, 0.15) is 64.7 Å². The van der Waals surface area contributed by atoms with Crippen molar-refractivity contribution in [3.05, 3.63) is 47.0 Å². The fraction of sp³-hybridized carbons (Fsp3) is 0.645. The standard InChI is InChI=1S/C31H40O11/c1-15-19(34)13-31(38)26(41-27(37)18-10-8-7-9-11-18)24-29(6,20(35)12-21-30(24,14-39-21)42-17(3)33)25(36)23(40-16(2)32)22(15)28(31,4)5/h7-11,19-21,23-26,34-36,38H,12-14H2,1-6H3/t19?,20-,21+,23+,24?,25+,26-,29+,30-,31+/m0/s1. The first-order valence-corrected chi connectivity index (χ1v) is 14.2. The van der Waals surface area contributed by atoms with Gasteiger partial charge in [-0.05, 0) is 30.2 Å². The lowest BCUT2D eigenvalue weighted by molar-refractivity contribution is -0.365. The van der Waals surface area contributed by atoms with E-state index in [0.717, 1.165) is 0 Å². The van der Waals surface area contributed by atoms with Gasteiger partial charge in [0.15, 0.2) is 11.7 Å². The number of carbonyl (C=O) groups is 3. The van der Waals surface area contributed by atoms with E-state index in [1.165, 1.54) is 13.8 Å². The third kappa shape index (κ3) is 4.16. The number of fused-ring (bicyclic) bond motifs is 5. The topological polar surface area (TPSA) is 169 Å². The van der Waals surface area contributed by atoms with Gasteiger partial charge in [-0.15, -0.1) is 0 Å². The van der Waals surface area contributed by atoms with Gasteiger partial charge in [0.05, 0.1) is 30.3 Å². The maximum Gasteiger partial charge on any atom is 0.338 e. The quantitative estimate of drug-likeness (QED) is 0.228. The average Bonchev–Trinajstić information content (AvgIpc) is 2.90. The molecule has 11 nitrogen and oxygen atoms in total. The van der Waals surface area contributed by atoms with Gasteiger partial charge in [-0.25, -0.2) is 4.79 Å². The molecule has 1 aliphatic heterocycles. The second-order valence-corrected chi connectivity index (χ2v) is 13.0. The number of ether oxygens (including phenoxy) is 4. The molecule has 2 unspecified atom stereocenters. The van der Waals surface area contributed by atoms with Crippen molar-refractivity contribution in [2.24, 2.45) is 16.7 Å². The van der Waals surface area contributed by atoms with Crippen LogP contribution in [0.2, 0.25) is 0 Å². The molecule has 11 heteroatoms. The minimum absolute atomic E-state index is 0.0496. The van der Waals surface area contributed by atoms with Gasteiger partial charge in [0, 0.05) is 37.5 Å². The SMILES string of the molecule is CC(=O)O[C@@H]1C2=C(C)C(O)C[C@@](O)([C@@H](OC(=O)c3ccccc3)C3[C@](C)([C@@H]1O)[C@@H](O)C[C@H]1OC[C@@]31OC(C)=O)C2(C)C. The van der Waals surface area contributed by atoms with Gasteiger partial charge < -0.3 is 39.4 Å². The van der Waals surface area contributed by atoms with Crippen LogP contribution in [0, 0.1) is 16.7 Å². The molecule has 1 aromatic carbocycles. The van der Waals surface area contributed by atoms with Gasteiger partial charge in [0.2, 0.25) is 0 Å². The summed E-state index contributed by atoms with van der Waals surface area (Å²) in [5, 5.41) is 48.2. The van der Waals surface area contributed by atoms with E-state index in [4.69, 9.17) is 18.9 Å². The summed E-state index contributed by atoms with van der Waals surface area (Å²) in [4.78, 5) is 38.7. The first kappa shape index (κ1) is 30.6. The van der Waals surface area contributed by atoms with E-state index in [9.17, 15) is 34.8 Å². The fourth-order valence-corrected chi connectivity index (χ4v) is 8.15. The zero-order valence-corrected chi connectivity index (χ0v) is 24.7. The summed E-state index contributed by atoms with van der Waals surface area (Å²) in [6.45, 7) is 8.75. The maximum atomic E-state index is 13.7. The molecule has 1 saturated heterocycles. The highest BCUT2D eigenvalue weighted by atomic mass is 16.6. The van der Waals surface area contributed by atoms with E-state index in [-0.39, 0.29) is 30.6 Å². The summed E-state index contributed by atoms with van der Waals surface area (Å²) in [7, 11) is 0. The van der Waals surface area contributed by atoms with Crippen molar-refractivity contribution in [1.82, 2.24) is 0 Å². The largest absolute Gasteiger partial charge is 0.455 e. The maximum absolute atomic E-state index is 13.7. The molecule has 3 fully saturated rings. The smallest absolute Gasteiger partial charge is 0.338 e. The van der Waals surface area contributed by atoms with E-state index in [0.29, 0.717) is 5.57 Å². The number of aliphatic hydroxyl groups excluding tert-OH is 3. The van der Waals surface area contributed by atoms with E-state index >= 15 is 0 Å². The number of esters is 3. The third-order valence-corrected chi connectivity index (χ3v) is 10.4. The highest BCUT2D eigenvalue weighted by Gasteiger charge is 2.78. The van der Waals surface area contributed by atoms with Gasteiger partial charge in [0.1, 0.15) is 23.9 Å². The molecule has 0 amide bonds. The normalized spacial score (nSPS) is 42.1. The molecule has 1 aromatic rings.